The molecule has 0 aliphatic carbocycles. The van der Waals surface area contributed by atoms with Crippen LogP contribution in [0.1, 0.15) is 19.3 Å². The fraction of sp³-hybridized carbons (Fsp3) is 0.562. The summed E-state index contributed by atoms with van der Waals surface area (Å²) in [5, 5.41) is 0. The topological polar surface area (TPSA) is 69.7 Å². The van der Waals surface area contributed by atoms with Crippen LogP contribution in [0.5, 0.6) is 0 Å². The molecule has 2 heterocycles. The van der Waals surface area contributed by atoms with Crippen molar-refractivity contribution in [2.24, 2.45) is 5.92 Å². The second kappa shape index (κ2) is 6.59. The first-order valence-corrected chi connectivity index (χ1v) is 9.53. The number of amides is 1. The molecule has 23 heavy (non-hydrogen) atoms. The number of hydrogen-bond donors (Lipinski definition) is 1. The molecule has 1 unspecified atom stereocenters. The van der Waals surface area contributed by atoms with Crippen LogP contribution >= 0.6 is 0 Å². The maximum Gasteiger partial charge on any atom is 0.240 e. The SMILES string of the molecule is CN1CCC(CNS(=O)(=O)c2ccc(N3CCCC3=O)cc2)C1. The lowest BCUT2D eigenvalue weighted by atomic mass is 10.1. The third kappa shape index (κ3) is 3.73. The van der Waals surface area contributed by atoms with Gasteiger partial charge in [0.25, 0.3) is 0 Å². The number of sulfonamides is 1. The molecule has 1 atom stereocenters. The second-order valence-electron chi connectivity index (χ2n) is 6.41. The van der Waals surface area contributed by atoms with Gasteiger partial charge in [-0.05, 0) is 56.6 Å². The smallest absolute Gasteiger partial charge is 0.240 e. The molecule has 6 nitrogen and oxygen atoms in total. The standard InChI is InChI=1S/C16H23N3O3S/c1-18-10-8-13(12-18)11-17-23(21,22)15-6-4-14(5-7-15)19-9-2-3-16(19)20/h4-7,13,17H,2-3,8-12H2,1H3. The molecule has 2 fully saturated rings. The van der Waals surface area contributed by atoms with Gasteiger partial charge >= 0.3 is 0 Å². The van der Waals surface area contributed by atoms with Gasteiger partial charge in [-0.15, -0.1) is 0 Å². The zero-order valence-electron chi connectivity index (χ0n) is 13.4. The normalized spacial score (nSPS) is 22.9. The number of nitrogens with one attached hydrogen (secondary N) is 1. The Morgan fingerprint density at radius 1 is 1.22 bits per heavy atom. The molecule has 2 aliphatic heterocycles. The minimum Gasteiger partial charge on any atom is -0.312 e. The fourth-order valence-electron chi connectivity index (χ4n) is 3.23. The zero-order chi connectivity index (χ0) is 16.4. The van der Waals surface area contributed by atoms with Crippen LogP contribution in [-0.2, 0) is 14.8 Å². The summed E-state index contributed by atoms with van der Waals surface area (Å²) in [6, 6.07) is 6.57. The highest BCUT2D eigenvalue weighted by atomic mass is 32.2. The van der Waals surface area contributed by atoms with Crippen molar-refractivity contribution in [1.29, 1.82) is 0 Å². The Labute approximate surface area is 137 Å². The van der Waals surface area contributed by atoms with E-state index in [4.69, 9.17) is 0 Å². The van der Waals surface area contributed by atoms with Crippen molar-refractivity contribution in [3.63, 3.8) is 0 Å². The van der Waals surface area contributed by atoms with E-state index in [0.29, 0.717) is 25.4 Å². The van der Waals surface area contributed by atoms with E-state index in [1.54, 1.807) is 29.2 Å². The van der Waals surface area contributed by atoms with Crippen molar-refractivity contribution in [3.8, 4) is 0 Å². The molecule has 1 amide bonds. The molecular formula is C16H23N3O3S. The minimum absolute atomic E-state index is 0.101. The number of likely N-dealkylation sites (tertiary alicyclic amines) is 1. The average molecular weight is 337 g/mol. The number of hydrogen-bond acceptors (Lipinski definition) is 4. The maximum absolute atomic E-state index is 12.4. The Hall–Kier alpha value is -1.44. The molecule has 126 valence electrons. The van der Waals surface area contributed by atoms with E-state index in [-0.39, 0.29) is 10.8 Å². The summed E-state index contributed by atoms with van der Waals surface area (Å²) in [6.45, 7) is 3.13. The van der Waals surface area contributed by atoms with Gasteiger partial charge < -0.3 is 9.80 Å². The van der Waals surface area contributed by atoms with Gasteiger partial charge in [-0.3, -0.25) is 4.79 Å². The van der Waals surface area contributed by atoms with Crippen molar-refractivity contribution >= 4 is 21.6 Å². The predicted octanol–water partition coefficient (Wildman–Crippen LogP) is 1.04. The van der Waals surface area contributed by atoms with E-state index < -0.39 is 10.0 Å². The minimum atomic E-state index is -3.49. The molecule has 0 saturated carbocycles. The molecule has 1 N–H and O–H groups in total. The van der Waals surface area contributed by atoms with E-state index in [1.165, 1.54) is 0 Å². The Kier molecular flexibility index (Phi) is 4.70. The highest BCUT2D eigenvalue weighted by Gasteiger charge is 2.24. The van der Waals surface area contributed by atoms with Crippen LogP contribution in [0.15, 0.2) is 29.2 Å². The molecule has 0 aromatic heterocycles. The number of anilines is 1. The lowest BCUT2D eigenvalue weighted by Crippen LogP contribution is -2.30. The van der Waals surface area contributed by atoms with Gasteiger partial charge in [0.15, 0.2) is 0 Å². The third-order valence-corrected chi connectivity index (χ3v) is 6.02. The second-order valence-corrected chi connectivity index (χ2v) is 8.18. The van der Waals surface area contributed by atoms with E-state index >= 15 is 0 Å². The molecule has 1 aromatic carbocycles. The van der Waals surface area contributed by atoms with Crippen molar-refractivity contribution in [2.75, 3.05) is 38.1 Å². The molecule has 7 heteroatoms. The summed E-state index contributed by atoms with van der Waals surface area (Å²) in [5.74, 6) is 0.473. The first kappa shape index (κ1) is 16.4. The van der Waals surface area contributed by atoms with E-state index in [1.807, 2.05) is 7.05 Å². The van der Waals surface area contributed by atoms with E-state index in [2.05, 4.69) is 9.62 Å². The Bertz CT molecular complexity index is 672. The number of benzene rings is 1. The van der Waals surface area contributed by atoms with Crippen LogP contribution in [0.3, 0.4) is 0 Å². The molecule has 3 rings (SSSR count). The van der Waals surface area contributed by atoms with Gasteiger partial charge in [0, 0.05) is 31.7 Å². The molecular weight excluding hydrogens is 314 g/mol. The van der Waals surface area contributed by atoms with Crippen LogP contribution in [0, 0.1) is 5.92 Å². The van der Waals surface area contributed by atoms with Gasteiger partial charge in [-0.25, -0.2) is 13.1 Å². The fourth-order valence-corrected chi connectivity index (χ4v) is 4.35. The number of carbonyl (C=O) groups is 1. The largest absolute Gasteiger partial charge is 0.312 e. The summed E-state index contributed by atoms with van der Waals surface area (Å²) in [6.07, 6.45) is 2.45. The van der Waals surface area contributed by atoms with Gasteiger partial charge in [0.2, 0.25) is 15.9 Å². The molecule has 2 saturated heterocycles. The highest BCUT2D eigenvalue weighted by Crippen LogP contribution is 2.23. The Morgan fingerprint density at radius 3 is 2.52 bits per heavy atom. The summed E-state index contributed by atoms with van der Waals surface area (Å²) < 4.78 is 27.4. The van der Waals surface area contributed by atoms with Crippen molar-refractivity contribution in [3.05, 3.63) is 24.3 Å². The summed E-state index contributed by atoms with van der Waals surface area (Å²) in [4.78, 5) is 15.9. The van der Waals surface area contributed by atoms with Gasteiger partial charge in [-0.1, -0.05) is 0 Å². The first-order valence-electron chi connectivity index (χ1n) is 8.04. The van der Waals surface area contributed by atoms with Crippen LogP contribution < -0.4 is 9.62 Å². The van der Waals surface area contributed by atoms with Crippen LogP contribution in [0.4, 0.5) is 5.69 Å². The quantitative estimate of drug-likeness (QED) is 0.872. The maximum atomic E-state index is 12.4. The number of rotatable bonds is 5. The third-order valence-electron chi connectivity index (χ3n) is 4.58. The molecule has 0 bridgehead atoms. The van der Waals surface area contributed by atoms with Crippen molar-refractivity contribution in [1.82, 2.24) is 9.62 Å². The van der Waals surface area contributed by atoms with Gasteiger partial charge in [-0.2, -0.15) is 0 Å². The summed E-state index contributed by atoms with van der Waals surface area (Å²) in [5.41, 5.74) is 0.767. The zero-order valence-corrected chi connectivity index (χ0v) is 14.2. The van der Waals surface area contributed by atoms with Crippen molar-refractivity contribution < 1.29 is 13.2 Å². The van der Waals surface area contributed by atoms with Crippen molar-refractivity contribution in [2.45, 2.75) is 24.2 Å². The molecule has 2 aliphatic rings. The highest BCUT2D eigenvalue weighted by molar-refractivity contribution is 7.89. The average Bonchev–Trinajstić information content (AvgIpc) is 3.14. The van der Waals surface area contributed by atoms with Crippen LogP contribution in [0.25, 0.3) is 0 Å². The Morgan fingerprint density at radius 2 is 1.96 bits per heavy atom. The number of carbonyl (C=O) groups excluding carboxylic acids is 1. The first-order chi connectivity index (χ1) is 11.0. The number of nitrogens with zero attached hydrogens (tertiary/aromatic N) is 2. The Balaban J connectivity index is 1.64. The molecule has 0 radical (unpaired) electrons. The lowest BCUT2D eigenvalue weighted by Gasteiger charge is -2.16. The van der Waals surface area contributed by atoms with E-state index in [9.17, 15) is 13.2 Å². The lowest BCUT2D eigenvalue weighted by molar-refractivity contribution is -0.117. The summed E-state index contributed by atoms with van der Waals surface area (Å²) in [7, 11) is -1.44. The molecule has 1 aromatic rings. The molecule has 0 spiro atoms. The van der Waals surface area contributed by atoms with Crippen LogP contribution in [-0.4, -0.2) is 52.5 Å². The van der Waals surface area contributed by atoms with Crippen LogP contribution in [0.2, 0.25) is 0 Å². The summed E-state index contributed by atoms with van der Waals surface area (Å²) >= 11 is 0. The predicted molar refractivity (Wildman–Crippen MR) is 88.8 cm³/mol. The van der Waals surface area contributed by atoms with E-state index in [0.717, 1.165) is 31.6 Å². The van der Waals surface area contributed by atoms with Gasteiger partial charge in [0.05, 0.1) is 4.90 Å². The van der Waals surface area contributed by atoms with Gasteiger partial charge in [0.1, 0.15) is 0 Å². The monoisotopic (exact) mass is 337 g/mol.